The summed E-state index contributed by atoms with van der Waals surface area (Å²) in [7, 11) is 0. The van der Waals surface area contributed by atoms with E-state index in [2.05, 4.69) is 11.8 Å². The van der Waals surface area contributed by atoms with E-state index >= 15 is 0 Å². The first-order chi connectivity index (χ1) is 8.76. The SMILES string of the molecule is CCN1CC2CCC1CC2Oc1ccc(N)cc1. The molecule has 2 bridgehead atoms. The van der Waals surface area contributed by atoms with Crippen LogP contribution in [-0.4, -0.2) is 30.1 Å². The minimum absolute atomic E-state index is 0.398. The van der Waals surface area contributed by atoms with Crippen LogP contribution >= 0.6 is 0 Å². The maximum Gasteiger partial charge on any atom is 0.119 e. The molecule has 4 rings (SSSR count). The van der Waals surface area contributed by atoms with Crippen molar-refractivity contribution in [3.63, 3.8) is 0 Å². The third kappa shape index (κ3) is 2.19. The average molecular weight is 246 g/mol. The van der Waals surface area contributed by atoms with Crippen LogP contribution in [0, 0.1) is 5.92 Å². The third-order valence-electron chi connectivity index (χ3n) is 4.46. The molecule has 0 aromatic heterocycles. The lowest BCUT2D eigenvalue weighted by Crippen LogP contribution is -2.55. The van der Waals surface area contributed by atoms with Crippen molar-refractivity contribution in [3.05, 3.63) is 24.3 Å². The van der Waals surface area contributed by atoms with E-state index in [9.17, 15) is 0 Å². The average Bonchev–Trinajstić information content (AvgIpc) is 2.42. The standard InChI is InChI=1S/C15H22N2O/c1-2-17-10-11-3-6-13(17)9-15(11)18-14-7-4-12(16)5-8-14/h4-5,7-8,11,13,15H,2-3,6,9-10,16H2,1H3. The molecule has 98 valence electrons. The van der Waals surface area contributed by atoms with E-state index in [1.807, 2.05) is 24.3 Å². The van der Waals surface area contributed by atoms with E-state index in [4.69, 9.17) is 10.5 Å². The number of nitrogens with two attached hydrogens (primary N) is 1. The maximum absolute atomic E-state index is 6.15. The Balaban J connectivity index is 1.66. The van der Waals surface area contributed by atoms with E-state index in [0.717, 1.165) is 17.5 Å². The van der Waals surface area contributed by atoms with Crippen molar-refractivity contribution in [2.24, 2.45) is 5.92 Å². The number of hydrogen-bond acceptors (Lipinski definition) is 3. The van der Waals surface area contributed by atoms with E-state index in [-0.39, 0.29) is 0 Å². The van der Waals surface area contributed by atoms with Crippen molar-refractivity contribution in [1.82, 2.24) is 4.90 Å². The van der Waals surface area contributed by atoms with E-state index in [1.54, 1.807) is 0 Å². The zero-order valence-electron chi connectivity index (χ0n) is 11.0. The lowest BCUT2D eigenvalue weighted by molar-refractivity contribution is -0.0343. The molecule has 2 N–H and O–H groups in total. The Labute approximate surface area is 109 Å². The zero-order chi connectivity index (χ0) is 12.5. The monoisotopic (exact) mass is 246 g/mol. The van der Waals surface area contributed by atoms with Crippen LogP contribution in [0.2, 0.25) is 0 Å². The predicted molar refractivity (Wildman–Crippen MR) is 73.6 cm³/mol. The van der Waals surface area contributed by atoms with Crippen molar-refractivity contribution < 1.29 is 4.74 Å². The summed E-state index contributed by atoms with van der Waals surface area (Å²) in [6.07, 6.45) is 4.25. The summed E-state index contributed by atoms with van der Waals surface area (Å²) in [5.41, 5.74) is 6.49. The second-order valence-electron chi connectivity index (χ2n) is 5.54. The Morgan fingerprint density at radius 2 is 2.06 bits per heavy atom. The first kappa shape index (κ1) is 11.8. The molecule has 2 heterocycles. The van der Waals surface area contributed by atoms with Crippen LogP contribution in [0.25, 0.3) is 0 Å². The minimum atomic E-state index is 0.398. The maximum atomic E-state index is 6.15. The van der Waals surface area contributed by atoms with Gasteiger partial charge in [0.05, 0.1) is 0 Å². The Bertz CT molecular complexity index is 403. The van der Waals surface area contributed by atoms with Crippen molar-refractivity contribution in [2.45, 2.75) is 38.3 Å². The van der Waals surface area contributed by atoms with Crippen LogP contribution in [0.5, 0.6) is 5.75 Å². The molecular formula is C15H22N2O. The first-order valence-corrected chi connectivity index (χ1v) is 7.02. The van der Waals surface area contributed by atoms with Gasteiger partial charge in [-0.05, 0) is 43.7 Å². The lowest BCUT2D eigenvalue weighted by Gasteiger charge is -2.48. The van der Waals surface area contributed by atoms with E-state index in [1.165, 1.54) is 32.4 Å². The molecule has 2 aliphatic heterocycles. The Morgan fingerprint density at radius 1 is 1.28 bits per heavy atom. The van der Waals surface area contributed by atoms with Crippen LogP contribution in [0.15, 0.2) is 24.3 Å². The number of ether oxygens (including phenoxy) is 1. The van der Waals surface area contributed by atoms with Gasteiger partial charge < -0.3 is 15.4 Å². The summed E-state index contributed by atoms with van der Waals surface area (Å²) < 4.78 is 6.15. The fourth-order valence-corrected chi connectivity index (χ4v) is 3.41. The number of fused-ring (bicyclic) bond motifs is 3. The van der Waals surface area contributed by atoms with Crippen molar-refractivity contribution >= 4 is 5.69 Å². The molecule has 18 heavy (non-hydrogen) atoms. The van der Waals surface area contributed by atoms with Crippen molar-refractivity contribution in [2.75, 3.05) is 18.8 Å². The zero-order valence-corrected chi connectivity index (χ0v) is 11.0. The summed E-state index contributed by atoms with van der Waals surface area (Å²) in [6.45, 7) is 4.65. The lowest BCUT2D eigenvalue weighted by atomic mass is 9.77. The topological polar surface area (TPSA) is 38.5 Å². The van der Waals surface area contributed by atoms with Gasteiger partial charge in [-0.2, -0.15) is 0 Å². The van der Waals surface area contributed by atoms with Gasteiger partial charge in [0.1, 0.15) is 11.9 Å². The molecule has 3 fully saturated rings. The molecule has 2 saturated heterocycles. The van der Waals surface area contributed by atoms with Gasteiger partial charge in [0, 0.05) is 30.6 Å². The molecule has 3 unspecified atom stereocenters. The van der Waals surface area contributed by atoms with Crippen LogP contribution in [0.4, 0.5) is 5.69 Å². The first-order valence-electron chi connectivity index (χ1n) is 7.02. The normalized spacial score (nSPS) is 31.5. The molecule has 0 radical (unpaired) electrons. The van der Waals surface area contributed by atoms with Gasteiger partial charge in [-0.25, -0.2) is 0 Å². The van der Waals surface area contributed by atoms with Crippen LogP contribution in [0.1, 0.15) is 26.2 Å². The molecule has 1 aromatic rings. The fourth-order valence-electron chi connectivity index (χ4n) is 3.41. The Morgan fingerprint density at radius 3 is 2.67 bits per heavy atom. The van der Waals surface area contributed by atoms with Gasteiger partial charge in [-0.15, -0.1) is 0 Å². The highest BCUT2D eigenvalue weighted by atomic mass is 16.5. The molecule has 1 saturated carbocycles. The highest BCUT2D eigenvalue weighted by Gasteiger charge is 2.40. The van der Waals surface area contributed by atoms with Gasteiger partial charge in [0.25, 0.3) is 0 Å². The highest BCUT2D eigenvalue weighted by molar-refractivity contribution is 5.41. The number of anilines is 1. The molecule has 3 atom stereocenters. The van der Waals surface area contributed by atoms with E-state index < -0.39 is 0 Å². The minimum Gasteiger partial charge on any atom is -0.490 e. The number of piperidine rings is 2. The van der Waals surface area contributed by atoms with Gasteiger partial charge in [0.2, 0.25) is 0 Å². The second-order valence-corrected chi connectivity index (χ2v) is 5.54. The van der Waals surface area contributed by atoms with Crippen molar-refractivity contribution in [3.8, 4) is 5.75 Å². The second kappa shape index (κ2) is 4.81. The van der Waals surface area contributed by atoms with Gasteiger partial charge in [-0.1, -0.05) is 6.92 Å². The molecule has 3 aliphatic rings. The Kier molecular flexibility index (Phi) is 3.16. The number of benzene rings is 1. The molecule has 1 aromatic carbocycles. The number of nitrogens with zero attached hydrogens (tertiary/aromatic N) is 1. The summed E-state index contributed by atoms with van der Waals surface area (Å²) >= 11 is 0. The molecule has 0 amide bonds. The molecule has 3 nitrogen and oxygen atoms in total. The number of hydrogen-bond donors (Lipinski definition) is 1. The smallest absolute Gasteiger partial charge is 0.119 e. The van der Waals surface area contributed by atoms with Gasteiger partial charge in [-0.3, -0.25) is 0 Å². The van der Waals surface area contributed by atoms with Gasteiger partial charge in [0.15, 0.2) is 0 Å². The largest absolute Gasteiger partial charge is 0.490 e. The summed E-state index contributed by atoms with van der Waals surface area (Å²) in [5, 5.41) is 0. The molecule has 1 aliphatic carbocycles. The van der Waals surface area contributed by atoms with Crippen molar-refractivity contribution in [1.29, 1.82) is 0 Å². The van der Waals surface area contributed by atoms with E-state index in [0.29, 0.717) is 12.0 Å². The highest BCUT2D eigenvalue weighted by Crippen LogP contribution is 2.37. The third-order valence-corrected chi connectivity index (χ3v) is 4.46. The summed E-state index contributed by atoms with van der Waals surface area (Å²) in [6, 6.07) is 8.52. The van der Waals surface area contributed by atoms with Crippen LogP contribution < -0.4 is 10.5 Å². The number of rotatable bonds is 3. The van der Waals surface area contributed by atoms with Gasteiger partial charge >= 0.3 is 0 Å². The predicted octanol–water partition coefficient (Wildman–Crippen LogP) is 2.52. The summed E-state index contributed by atoms with van der Waals surface area (Å²) in [4.78, 5) is 2.61. The van der Waals surface area contributed by atoms with Crippen LogP contribution in [0.3, 0.4) is 0 Å². The molecular weight excluding hydrogens is 224 g/mol. The number of nitrogen functional groups attached to an aromatic ring is 1. The quantitative estimate of drug-likeness (QED) is 0.833. The Hall–Kier alpha value is -1.22. The van der Waals surface area contributed by atoms with Crippen LogP contribution in [-0.2, 0) is 0 Å². The molecule has 0 spiro atoms. The fraction of sp³-hybridized carbons (Fsp3) is 0.600. The summed E-state index contributed by atoms with van der Waals surface area (Å²) in [5.74, 6) is 1.66. The molecule has 3 heteroatoms.